The Morgan fingerprint density at radius 1 is 1.41 bits per heavy atom. The molecule has 1 fully saturated rings. The number of nitrogens with zero attached hydrogens (tertiary/aromatic N) is 1. The van der Waals surface area contributed by atoms with E-state index in [-0.39, 0.29) is 24.0 Å². The summed E-state index contributed by atoms with van der Waals surface area (Å²) in [6.07, 6.45) is 1.74. The topological polar surface area (TPSA) is 111 Å². The van der Waals surface area contributed by atoms with Gasteiger partial charge in [-0.2, -0.15) is 0 Å². The number of carbonyl (C=O) groups is 2. The number of hydrogen-bond donors (Lipinski definition) is 2. The smallest absolute Gasteiger partial charge is 0.313 e. The summed E-state index contributed by atoms with van der Waals surface area (Å²) in [6.45, 7) is 2.63. The van der Waals surface area contributed by atoms with Crippen LogP contribution in [0.4, 0.5) is 11.4 Å². The zero-order valence-electron chi connectivity index (χ0n) is 12.1. The van der Waals surface area contributed by atoms with Crippen LogP contribution in [0.2, 0.25) is 0 Å². The first-order chi connectivity index (χ1) is 10.5. The van der Waals surface area contributed by atoms with Crippen LogP contribution in [0.3, 0.4) is 0 Å². The van der Waals surface area contributed by atoms with E-state index in [1.165, 1.54) is 18.2 Å². The molecule has 1 atom stereocenters. The van der Waals surface area contributed by atoms with E-state index < -0.39 is 16.7 Å². The van der Waals surface area contributed by atoms with Crippen LogP contribution in [-0.4, -0.2) is 36.0 Å². The molecule has 8 heteroatoms. The van der Waals surface area contributed by atoms with Gasteiger partial charge in [-0.3, -0.25) is 19.7 Å². The van der Waals surface area contributed by atoms with Crippen molar-refractivity contribution in [1.82, 2.24) is 5.32 Å². The fraction of sp³-hybridized carbons (Fsp3) is 0.429. The summed E-state index contributed by atoms with van der Waals surface area (Å²) in [5, 5.41) is 15.6. The number of amides is 2. The first-order valence-electron chi connectivity index (χ1n) is 6.93. The van der Waals surface area contributed by atoms with E-state index in [0.29, 0.717) is 12.2 Å². The van der Waals surface area contributed by atoms with E-state index in [1.54, 1.807) is 6.92 Å². The maximum Gasteiger partial charge on any atom is 0.313 e. The van der Waals surface area contributed by atoms with Crippen LogP contribution in [0.15, 0.2) is 18.2 Å². The first-order valence-corrected chi connectivity index (χ1v) is 6.93. The van der Waals surface area contributed by atoms with Crippen molar-refractivity contribution in [1.29, 1.82) is 0 Å². The monoisotopic (exact) mass is 307 g/mol. The number of hydrogen-bond acceptors (Lipinski definition) is 5. The second-order valence-corrected chi connectivity index (χ2v) is 5.06. The first kappa shape index (κ1) is 15.9. The molecule has 2 amide bonds. The van der Waals surface area contributed by atoms with E-state index in [0.717, 1.165) is 12.8 Å². The minimum Gasteiger partial charge on any atom is -0.376 e. The number of nitrogens with one attached hydrogen (secondary N) is 2. The van der Waals surface area contributed by atoms with Crippen molar-refractivity contribution in [3.63, 3.8) is 0 Å². The second-order valence-electron chi connectivity index (χ2n) is 5.06. The van der Waals surface area contributed by atoms with E-state index >= 15 is 0 Å². The lowest BCUT2D eigenvalue weighted by atomic mass is 10.2. The van der Waals surface area contributed by atoms with E-state index in [9.17, 15) is 19.7 Å². The van der Waals surface area contributed by atoms with Gasteiger partial charge in [0.1, 0.15) is 0 Å². The molecule has 0 radical (unpaired) electrons. The maximum absolute atomic E-state index is 11.8. The standard InChI is InChI=1S/C14H17N3O5/c1-9-4-5-10(17(20)21)7-12(9)16-14(19)13(18)15-8-11-3-2-6-22-11/h4-5,7,11H,2-3,6,8H2,1H3,(H,15,18)(H,16,19)/t11-/m0/s1. The molecule has 0 aliphatic carbocycles. The molecule has 118 valence electrons. The minimum atomic E-state index is -0.860. The number of non-ortho nitro benzene ring substituents is 1. The molecule has 0 spiro atoms. The van der Waals surface area contributed by atoms with E-state index in [1.807, 2.05) is 0 Å². The maximum atomic E-state index is 11.8. The highest BCUT2D eigenvalue weighted by molar-refractivity contribution is 6.39. The SMILES string of the molecule is Cc1ccc([N+](=O)[O-])cc1NC(=O)C(=O)NC[C@@H]1CCCO1. The van der Waals surface area contributed by atoms with Gasteiger partial charge < -0.3 is 15.4 Å². The lowest BCUT2D eigenvalue weighted by Crippen LogP contribution is -2.39. The summed E-state index contributed by atoms with van der Waals surface area (Å²) in [7, 11) is 0. The molecule has 8 nitrogen and oxygen atoms in total. The van der Waals surface area contributed by atoms with E-state index in [2.05, 4.69) is 10.6 Å². The molecule has 1 aliphatic rings. The van der Waals surface area contributed by atoms with Gasteiger partial charge in [0, 0.05) is 25.3 Å². The van der Waals surface area contributed by atoms with Gasteiger partial charge in [-0.25, -0.2) is 0 Å². The zero-order valence-corrected chi connectivity index (χ0v) is 12.1. The molecule has 0 bridgehead atoms. The van der Waals surface area contributed by atoms with Crippen molar-refractivity contribution in [2.75, 3.05) is 18.5 Å². The van der Waals surface area contributed by atoms with Crippen LogP contribution in [-0.2, 0) is 14.3 Å². The van der Waals surface area contributed by atoms with Crippen molar-refractivity contribution >= 4 is 23.2 Å². The van der Waals surface area contributed by atoms with Gasteiger partial charge in [-0.1, -0.05) is 6.07 Å². The number of benzene rings is 1. The fourth-order valence-electron chi connectivity index (χ4n) is 2.13. The highest BCUT2D eigenvalue weighted by Gasteiger charge is 2.20. The molecule has 0 saturated carbocycles. The highest BCUT2D eigenvalue weighted by Crippen LogP contribution is 2.21. The van der Waals surface area contributed by atoms with Gasteiger partial charge in [0.05, 0.1) is 16.7 Å². The average Bonchev–Trinajstić information content (AvgIpc) is 3.00. The molecular formula is C14H17N3O5. The largest absolute Gasteiger partial charge is 0.376 e. The van der Waals surface area contributed by atoms with Gasteiger partial charge >= 0.3 is 11.8 Å². The molecule has 2 N–H and O–H groups in total. The fourth-order valence-corrected chi connectivity index (χ4v) is 2.13. The summed E-state index contributed by atoms with van der Waals surface area (Å²) in [5.74, 6) is -1.65. The molecule has 2 rings (SSSR count). The average molecular weight is 307 g/mol. The normalized spacial score (nSPS) is 17.0. The Bertz CT molecular complexity index is 596. The molecule has 1 heterocycles. The van der Waals surface area contributed by atoms with Crippen LogP contribution >= 0.6 is 0 Å². The van der Waals surface area contributed by atoms with Crippen LogP contribution in [0, 0.1) is 17.0 Å². The Hall–Kier alpha value is -2.48. The molecule has 1 aromatic carbocycles. The number of ether oxygens (including phenoxy) is 1. The Morgan fingerprint density at radius 3 is 2.82 bits per heavy atom. The summed E-state index contributed by atoms with van der Waals surface area (Å²) in [6, 6.07) is 4.07. The summed E-state index contributed by atoms with van der Waals surface area (Å²) in [4.78, 5) is 33.7. The van der Waals surface area contributed by atoms with Crippen molar-refractivity contribution in [2.24, 2.45) is 0 Å². The Kier molecular flexibility index (Phi) is 5.05. The Morgan fingerprint density at radius 2 is 2.18 bits per heavy atom. The molecular weight excluding hydrogens is 290 g/mol. The van der Waals surface area contributed by atoms with Crippen molar-refractivity contribution in [3.05, 3.63) is 33.9 Å². The number of carbonyl (C=O) groups excluding carboxylic acids is 2. The predicted octanol–water partition coefficient (Wildman–Crippen LogP) is 1.14. The van der Waals surface area contributed by atoms with Crippen molar-refractivity contribution in [3.8, 4) is 0 Å². The van der Waals surface area contributed by atoms with Crippen LogP contribution < -0.4 is 10.6 Å². The minimum absolute atomic E-state index is 0.0590. The molecule has 0 aromatic heterocycles. The van der Waals surface area contributed by atoms with Crippen molar-refractivity contribution < 1.29 is 19.2 Å². The predicted molar refractivity (Wildman–Crippen MR) is 78.4 cm³/mol. The lowest BCUT2D eigenvalue weighted by molar-refractivity contribution is -0.384. The lowest BCUT2D eigenvalue weighted by Gasteiger charge is -2.11. The summed E-state index contributed by atoms with van der Waals surface area (Å²) >= 11 is 0. The third kappa shape index (κ3) is 4.01. The van der Waals surface area contributed by atoms with Gasteiger partial charge in [-0.15, -0.1) is 0 Å². The molecule has 1 aromatic rings. The quantitative estimate of drug-likeness (QED) is 0.492. The highest BCUT2D eigenvalue weighted by atomic mass is 16.6. The number of aryl methyl sites for hydroxylation is 1. The molecule has 1 saturated heterocycles. The van der Waals surface area contributed by atoms with Gasteiger partial charge in [0.15, 0.2) is 0 Å². The summed E-state index contributed by atoms with van der Waals surface area (Å²) in [5.41, 5.74) is 0.720. The number of nitro groups is 1. The number of anilines is 1. The summed E-state index contributed by atoms with van der Waals surface area (Å²) < 4.78 is 5.34. The zero-order chi connectivity index (χ0) is 16.1. The molecule has 0 unspecified atom stereocenters. The van der Waals surface area contributed by atoms with Crippen LogP contribution in [0.5, 0.6) is 0 Å². The van der Waals surface area contributed by atoms with Crippen molar-refractivity contribution in [2.45, 2.75) is 25.9 Å². The van der Waals surface area contributed by atoms with E-state index in [4.69, 9.17) is 4.74 Å². The third-order valence-electron chi connectivity index (χ3n) is 3.40. The third-order valence-corrected chi connectivity index (χ3v) is 3.40. The van der Waals surface area contributed by atoms with Crippen LogP contribution in [0.1, 0.15) is 18.4 Å². The van der Waals surface area contributed by atoms with Gasteiger partial charge in [0.2, 0.25) is 0 Å². The van der Waals surface area contributed by atoms with Crippen LogP contribution in [0.25, 0.3) is 0 Å². The molecule has 1 aliphatic heterocycles. The Balaban J connectivity index is 1.94. The van der Waals surface area contributed by atoms with Gasteiger partial charge in [0.25, 0.3) is 5.69 Å². The number of nitro benzene ring substituents is 1. The second kappa shape index (κ2) is 6.99. The Labute approximate surface area is 127 Å². The molecule has 22 heavy (non-hydrogen) atoms. The number of rotatable bonds is 4. The van der Waals surface area contributed by atoms with Gasteiger partial charge in [-0.05, 0) is 25.3 Å².